The van der Waals surface area contributed by atoms with Gasteiger partial charge in [0.2, 0.25) is 0 Å². The van der Waals surface area contributed by atoms with Crippen molar-refractivity contribution >= 4 is 21.9 Å². The topological polar surface area (TPSA) is 26.0 Å². The molecule has 0 radical (unpaired) electrons. The van der Waals surface area contributed by atoms with Crippen LogP contribution in [0, 0.1) is 13.8 Å². The van der Waals surface area contributed by atoms with Crippen molar-refractivity contribution in [3.05, 3.63) is 65.9 Å². The largest absolute Gasteiger partial charge is 0.455 e. The van der Waals surface area contributed by atoms with Gasteiger partial charge < -0.3 is 4.42 Å². The normalized spacial score (nSPS) is 11.3. The van der Waals surface area contributed by atoms with E-state index in [2.05, 4.69) is 36.2 Å². The molecule has 21 heavy (non-hydrogen) atoms. The van der Waals surface area contributed by atoms with Crippen molar-refractivity contribution in [3.8, 4) is 11.3 Å². The molecule has 2 heterocycles. The summed E-state index contributed by atoms with van der Waals surface area (Å²) in [7, 11) is 0. The van der Waals surface area contributed by atoms with Crippen LogP contribution >= 0.6 is 0 Å². The second-order valence-corrected chi connectivity index (χ2v) is 5.45. The van der Waals surface area contributed by atoms with Crippen molar-refractivity contribution in [1.82, 2.24) is 4.98 Å². The number of pyridine rings is 1. The van der Waals surface area contributed by atoms with E-state index in [9.17, 15) is 0 Å². The summed E-state index contributed by atoms with van der Waals surface area (Å²) in [4.78, 5) is 4.54. The van der Waals surface area contributed by atoms with E-state index in [1.807, 2.05) is 37.4 Å². The summed E-state index contributed by atoms with van der Waals surface area (Å²) >= 11 is 0. The number of benzene rings is 2. The Labute approximate surface area is 123 Å². The van der Waals surface area contributed by atoms with E-state index in [0.717, 1.165) is 28.0 Å². The lowest BCUT2D eigenvalue weighted by Gasteiger charge is -2.04. The molecule has 0 unspecified atom stereocenters. The standard InChI is InChI=1S/C19H15NO/c1-12-7-10-16(20-11-12)14-9-8-13(2)18-15-5-3-4-6-17(15)21-19(14)18/h3-11H,1-2H3. The highest BCUT2D eigenvalue weighted by molar-refractivity contribution is 6.10. The lowest BCUT2D eigenvalue weighted by molar-refractivity contribution is 0.669. The third-order valence-electron chi connectivity index (χ3n) is 3.92. The van der Waals surface area contributed by atoms with Crippen LogP contribution in [0.1, 0.15) is 11.1 Å². The number of aromatic nitrogens is 1. The van der Waals surface area contributed by atoms with Gasteiger partial charge in [-0.25, -0.2) is 0 Å². The number of para-hydroxylation sites is 1. The molecule has 0 amide bonds. The van der Waals surface area contributed by atoms with Crippen molar-refractivity contribution in [3.63, 3.8) is 0 Å². The van der Waals surface area contributed by atoms with E-state index >= 15 is 0 Å². The fourth-order valence-electron chi connectivity index (χ4n) is 2.82. The van der Waals surface area contributed by atoms with Gasteiger partial charge >= 0.3 is 0 Å². The number of nitrogens with zero attached hydrogens (tertiary/aromatic N) is 1. The van der Waals surface area contributed by atoms with Gasteiger partial charge in [0.05, 0.1) is 5.69 Å². The molecular formula is C19H15NO. The van der Waals surface area contributed by atoms with Crippen LogP contribution in [0.15, 0.2) is 59.1 Å². The Balaban J connectivity index is 2.11. The van der Waals surface area contributed by atoms with E-state index in [1.54, 1.807) is 0 Å². The molecule has 0 atom stereocenters. The first-order valence-electron chi connectivity index (χ1n) is 7.08. The summed E-state index contributed by atoms with van der Waals surface area (Å²) in [5.41, 5.74) is 6.23. The van der Waals surface area contributed by atoms with Crippen molar-refractivity contribution in [2.45, 2.75) is 13.8 Å². The highest BCUT2D eigenvalue weighted by Crippen LogP contribution is 2.36. The van der Waals surface area contributed by atoms with Crippen LogP contribution < -0.4 is 0 Å². The molecule has 2 aromatic heterocycles. The average molecular weight is 273 g/mol. The molecule has 0 bridgehead atoms. The molecule has 4 rings (SSSR count). The molecule has 0 spiro atoms. The van der Waals surface area contributed by atoms with Crippen LogP contribution in [0.25, 0.3) is 33.2 Å². The van der Waals surface area contributed by atoms with Gasteiger partial charge in [0, 0.05) is 22.5 Å². The van der Waals surface area contributed by atoms with Gasteiger partial charge in [-0.15, -0.1) is 0 Å². The van der Waals surface area contributed by atoms with Gasteiger partial charge in [-0.3, -0.25) is 4.98 Å². The van der Waals surface area contributed by atoms with Crippen LogP contribution in [0.3, 0.4) is 0 Å². The number of furan rings is 1. The van der Waals surface area contributed by atoms with E-state index in [4.69, 9.17) is 4.42 Å². The fourth-order valence-corrected chi connectivity index (χ4v) is 2.82. The van der Waals surface area contributed by atoms with Crippen LogP contribution in [-0.4, -0.2) is 4.98 Å². The van der Waals surface area contributed by atoms with Gasteiger partial charge in [-0.1, -0.05) is 30.3 Å². The minimum Gasteiger partial charge on any atom is -0.455 e. The van der Waals surface area contributed by atoms with Crippen LogP contribution in [0.2, 0.25) is 0 Å². The highest BCUT2D eigenvalue weighted by Gasteiger charge is 2.14. The maximum Gasteiger partial charge on any atom is 0.145 e. The quantitative estimate of drug-likeness (QED) is 0.472. The number of hydrogen-bond donors (Lipinski definition) is 0. The lowest BCUT2D eigenvalue weighted by Crippen LogP contribution is -1.86. The fraction of sp³-hybridized carbons (Fsp3) is 0.105. The molecule has 102 valence electrons. The molecule has 0 aliphatic rings. The Hall–Kier alpha value is -2.61. The smallest absolute Gasteiger partial charge is 0.145 e. The molecule has 2 heteroatoms. The molecule has 2 nitrogen and oxygen atoms in total. The number of aryl methyl sites for hydroxylation is 2. The van der Waals surface area contributed by atoms with Crippen molar-refractivity contribution in [1.29, 1.82) is 0 Å². The zero-order valence-corrected chi connectivity index (χ0v) is 12.1. The van der Waals surface area contributed by atoms with Gasteiger partial charge in [-0.05, 0) is 43.2 Å². The van der Waals surface area contributed by atoms with Gasteiger partial charge in [0.25, 0.3) is 0 Å². The SMILES string of the molecule is Cc1ccc(-c2ccc(C)c3c2oc2ccccc23)nc1. The van der Waals surface area contributed by atoms with Crippen LogP contribution in [0.5, 0.6) is 0 Å². The average Bonchev–Trinajstić information content (AvgIpc) is 2.89. The molecule has 0 aliphatic carbocycles. The summed E-state index contributed by atoms with van der Waals surface area (Å²) in [6, 6.07) is 16.5. The summed E-state index contributed by atoms with van der Waals surface area (Å²) in [6.07, 6.45) is 1.89. The summed E-state index contributed by atoms with van der Waals surface area (Å²) in [5.74, 6) is 0. The maximum atomic E-state index is 6.11. The second-order valence-electron chi connectivity index (χ2n) is 5.45. The first kappa shape index (κ1) is 12.2. The van der Waals surface area contributed by atoms with Crippen molar-refractivity contribution in [2.24, 2.45) is 0 Å². The van der Waals surface area contributed by atoms with Gasteiger partial charge in [0.15, 0.2) is 0 Å². The maximum absolute atomic E-state index is 6.11. The highest BCUT2D eigenvalue weighted by atomic mass is 16.3. The third-order valence-corrected chi connectivity index (χ3v) is 3.92. The first-order valence-corrected chi connectivity index (χ1v) is 7.08. The minimum absolute atomic E-state index is 0.924. The molecule has 0 N–H and O–H groups in total. The van der Waals surface area contributed by atoms with Crippen molar-refractivity contribution < 1.29 is 4.42 Å². The van der Waals surface area contributed by atoms with Gasteiger partial charge in [0.1, 0.15) is 11.2 Å². The lowest BCUT2D eigenvalue weighted by atomic mass is 10.0. The number of fused-ring (bicyclic) bond motifs is 3. The Kier molecular flexibility index (Phi) is 2.58. The van der Waals surface area contributed by atoms with E-state index in [1.165, 1.54) is 16.3 Å². The third kappa shape index (κ3) is 1.83. The molecule has 2 aromatic carbocycles. The molecule has 0 aliphatic heterocycles. The minimum atomic E-state index is 0.924. The van der Waals surface area contributed by atoms with E-state index in [0.29, 0.717) is 0 Å². The molecular weight excluding hydrogens is 258 g/mol. The molecule has 4 aromatic rings. The zero-order valence-electron chi connectivity index (χ0n) is 12.1. The number of rotatable bonds is 1. The van der Waals surface area contributed by atoms with Crippen LogP contribution in [0.4, 0.5) is 0 Å². The Morgan fingerprint density at radius 1 is 0.905 bits per heavy atom. The first-order chi connectivity index (χ1) is 10.2. The predicted octanol–water partition coefficient (Wildman–Crippen LogP) is 5.26. The summed E-state index contributed by atoms with van der Waals surface area (Å²) in [5, 5.41) is 2.35. The second kappa shape index (κ2) is 4.45. The molecule has 0 fully saturated rings. The Morgan fingerprint density at radius 2 is 1.76 bits per heavy atom. The van der Waals surface area contributed by atoms with Crippen LogP contribution in [-0.2, 0) is 0 Å². The monoisotopic (exact) mass is 273 g/mol. The molecule has 0 saturated heterocycles. The Morgan fingerprint density at radius 3 is 2.57 bits per heavy atom. The zero-order chi connectivity index (χ0) is 14.4. The van der Waals surface area contributed by atoms with Crippen molar-refractivity contribution in [2.75, 3.05) is 0 Å². The number of hydrogen-bond acceptors (Lipinski definition) is 2. The Bertz CT molecular complexity index is 949. The van der Waals surface area contributed by atoms with E-state index in [-0.39, 0.29) is 0 Å². The summed E-state index contributed by atoms with van der Waals surface area (Å²) in [6.45, 7) is 4.17. The summed E-state index contributed by atoms with van der Waals surface area (Å²) < 4.78 is 6.11. The predicted molar refractivity (Wildman–Crippen MR) is 86.4 cm³/mol. The molecule has 0 saturated carbocycles. The van der Waals surface area contributed by atoms with E-state index < -0.39 is 0 Å². The van der Waals surface area contributed by atoms with Gasteiger partial charge in [-0.2, -0.15) is 0 Å².